The molecule has 9 nitrogen and oxygen atoms in total. The van der Waals surface area contributed by atoms with Crippen molar-refractivity contribution in [3.8, 4) is 22.9 Å². The molecule has 1 aromatic carbocycles. The number of amides is 1. The van der Waals surface area contributed by atoms with Crippen LogP contribution in [0.3, 0.4) is 0 Å². The molecular weight excluding hydrogens is 424 g/mol. The van der Waals surface area contributed by atoms with E-state index >= 15 is 0 Å². The van der Waals surface area contributed by atoms with E-state index in [1.165, 1.54) is 0 Å². The number of rotatable bonds is 6. The number of piperidine rings is 1. The molecule has 0 unspecified atom stereocenters. The molecule has 9 heteroatoms. The lowest BCUT2D eigenvalue weighted by molar-refractivity contribution is -0.134. The Morgan fingerprint density at radius 3 is 2.79 bits per heavy atom. The number of ether oxygens (including phenoxy) is 2. The van der Waals surface area contributed by atoms with Gasteiger partial charge in [-0.05, 0) is 36.6 Å². The third-order valence-corrected chi connectivity index (χ3v) is 6.50. The Labute approximate surface area is 190 Å². The summed E-state index contributed by atoms with van der Waals surface area (Å²) in [5.74, 6) is 2.64. The molecule has 3 aromatic rings. The lowest BCUT2D eigenvalue weighted by Gasteiger charge is -2.42. The minimum Gasteiger partial charge on any atom is -0.493 e. The minimum atomic E-state index is 0.0451. The average molecular weight is 450 g/mol. The molecule has 1 amide bonds. The maximum atomic E-state index is 12.9. The number of methoxy groups -OCH3 is 2. The van der Waals surface area contributed by atoms with Crippen LogP contribution in [0.15, 0.2) is 45.7 Å². The Balaban J connectivity index is 1.23. The van der Waals surface area contributed by atoms with Crippen LogP contribution >= 0.6 is 0 Å². The first kappa shape index (κ1) is 21.2. The fraction of sp³-hybridized carbons (Fsp3) is 0.417. The Hall–Kier alpha value is -3.62. The number of benzene rings is 1. The van der Waals surface area contributed by atoms with Crippen molar-refractivity contribution < 1.29 is 18.8 Å². The average Bonchev–Trinajstić information content (AvgIpc) is 3.31. The summed E-state index contributed by atoms with van der Waals surface area (Å²) in [6, 6.07) is 10.8. The molecule has 2 atom stereocenters. The monoisotopic (exact) mass is 450 g/mol. The molecule has 0 aliphatic carbocycles. The molecule has 172 valence electrons. The van der Waals surface area contributed by atoms with Gasteiger partial charge in [0, 0.05) is 55.7 Å². The largest absolute Gasteiger partial charge is 0.493 e. The van der Waals surface area contributed by atoms with E-state index in [1.54, 1.807) is 38.5 Å². The molecule has 0 radical (unpaired) electrons. The topological polar surface area (TPSA) is 99.7 Å². The lowest BCUT2D eigenvalue weighted by atomic mass is 9.83. The van der Waals surface area contributed by atoms with Crippen LogP contribution in [0.2, 0.25) is 0 Å². The molecule has 4 heterocycles. The molecule has 2 bridgehead atoms. The third kappa shape index (κ3) is 4.10. The SMILES string of the molecule is COc1ccc(-c2noc(CCC(=O)N3C[C@@H]4C[C@H](C3)c3cccc(=O)n3C4)n2)cc1OC. The fourth-order valence-corrected chi connectivity index (χ4v) is 4.92. The van der Waals surface area contributed by atoms with Crippen molar-refractivity contribution in [2.75, 3.05) is 27.3 Å². The fourth-order valence-electron chi connectivity index (χ4n) is 4.92. The van der Waals surface area contributed by atoms with Gasteiger partial charge in [-0.3, -0.25) is 9.59 Å². The van der Waals surface area contributed by atoms with Crippen LogP contribution in [-0.2, 0) is 17.8 Å². The van der Waals surface area contributed by atoms with Gasteiger partial charge in [0.25, 0.3) is 5.56 Å². The van der Waals surface area contributed by atoms with Gasteiger partial charge < -0.3 is 23.5 Å². The molecule has 1 fully saturated rings. The van der Waals surface area contributed by atoms with Crippen LogP contribution in [0.25, 0.3) is 11.4 Å². The van der Waals surface area contributed by atoms with E-state index < -0.39 is 0 Å². The first-order valence-electron chi connectivity index (χ1n) is 11.1. The Morgan fingerprint density at radius 1 is 1.12 bits per heavy atom. The van der Waals surface area contributed by atoms with Gasteiger partial charge in [0.2, 0.25) is 17.6 Å². The highest BCUT2D eigenvalue weighted by Crippen LogP contribution is 2.35. The second-order valence-corrected chi connectivity index (χ2v) is 8.58. The van der Waals surface area contributed by atoms with Crippen LogP contribution in [0.1, 0.15) is 30.3 Å². The zero-order chi connectivity index (χ0) is 22.9. The lowest BCUT2D eigenvalue weighted by Crippen LogP contribution is -2.49. The van der Waals surface area contributed by atoms with E-state index in [0.29, 0.717) is 61.6 Å². The summed E-state index contributed by atoms with van der Waals surface area (Å²) in [6.07, 6.45) is 1.70. The second kappa shape index (κ2) is 8.73. The van der Waals surface area contributed by atoms with Crippen molar-refractivity contribution in [2.24, 2.45) is 5.92 Å². The molecular formula is C24H26N4O5. The van der Waals surface area contributed by atoms with Crippen LogP contribution < -0.4 is 15.0 Å². The van der Waals surface area contributed by atoms with E-state index in [-0.39, 0.29) is 17.4 Å². The molecule has 5 rings (SSSR count). The standard InChI is InChI=1S/C24H26N4O5/c1-31-19-7-6-16(11-20(19)32-2)24-25-21(33-26-24)8-9-22(29)27-12-15-10-17(14-27)18-4-3-5-23(30)28(18)13-15/h3-7,11,15,17H,8-10,12-14H2,1-2H3/t15-,17+/m0/s1. The summed E-state index contributed by atoms with van der Waals surface area (Å²) in [7, 11) is 3.15. The zero-order valence-corrected chi connectivity index (χ0v) is 18.7. The number of pyridine rings is 1. The molecule has 2 aliphatic rings. The second-order valence-electron chi connectivity index (χ2n) is 8.58. The van der Waals surface area contributed by atoms with Crippen molar-refractivity contribution in [1.82, 2.24) is 19.6 Å². The molecule has 2 aliphatic heterocycles. The van der Waals surface area contributed by atoms with Gasteiger partial charge in [-0.25, -0.2) is 0 Å². The van der Waals surface area contributed by atoms with Crippen molar-refractivity contribution in [3.05, 3.63) is 58.3 Å². The van der Waals surface area contributed by atoms with Crippen molar-refractivity contribution in [1.29, 1.82) is 0 Å². The minimum absolute atomic E-state index is 0.0451. The summed E-state index contributed by atoms with van der Waals surface area (Å²) in [5, 5.41) is 4.05. The molecule has 0 N–H and O–H groups in total. The van der Waals surface area contributed by atoms with E-state index in [0.717, 1.165) is 17.7 Å². The van der Waals surface area contributed by atoms with E-state index in [2.05, 4.69) is 10.1 Å². The van der Waals surface area contributed by atoms with Gasteiger partial charge in [-0.15, -0.1) is 0 Å². The highest BCUT2D eigenvalue weighted by atomic mass is 16.5. The first-order valence-corrected chi connectivity index (χ1v) is 11.1. The van der Waals surface area contributed by atoms with Gasteiger partial charge >= 0.3 is 0 Å². The van der Waals surface area contributed by atoms with Gasteiger partial charge in [0.1, 0.15) is 0 Å². The summed E-state index contributed by atoms with van der Waals surface area (Å²) < 4.78 is 17.8. The number of carbonyl (C=O) groups excluding carboxylic acids is 1. The van der Waals surface area contributed by atoms with E-state index in [4.69, 9.17) is 14.0 Å². The number of fused-ring (bicyclic) bond motifs is 4. The molecule has 0 spiro atoms. The molecule has 33 heavy (non-hydrogen) atoms. The molecule has 1 saturated heterocycles. The highest BCUT2D eigenvalue weighted by Gasteiger charge is 2.36. The van der Waals surface area contributed by atoms with Gasteiger partial charge in [0.05, 0.1) is 14.2 Å². The Morgan fingerprint density at radius 2 is 1.97 bits per heavy atom. The highest BCUT2D eigenvalue weighted by molar-refractivity contribution is 5.76. The van der Waals surface area contributed by atoms with Crippen molar-refractivity contribution >= 4 is 5.91 Å². The summed E-state index contributed by atoms with van der Waals surface area (Å²) in [5.41, 5.74) is 1.82. The number of hydrogen-bond acceptors (Lipinski definition) is 7. The van der Waals surface area contributed by atoms with Crippen molar-refractivity contribution in [3.63, 3.8) is 0 Å². The van der Waals surface area contributed by atoms with Gasteiger partial charge in [0.15, 0.2) is 11.5 Å². The zero-order valence-electron chi connectivity index (χ0n) is 18.7. The van der Waals surface area contributed by atoms with Crippen LogP contribution in [-0.4, -0.2) is 52.8 Å². The number of nitrogens with zero attached hydrogens (tertiary/aromatic N) is 4. The maximum absolute atomic E-state index is 12.9. The third-order valence-electron chi connectivity index (χ3n) is 6.50. The molecule has 2 aromatic heterocycles. The summed E-state index contributed by atoms with van der Waals surface area (Å²) in [6.45, 7) is 1.99. The smallest absolute Gasteiger partial charge is 0.250 e. The van der Waals surface area contributed by atoms with Gasteiger partial charge in [-0.1, -0.05) is 11.2 Å². The number of aryl methyl sites for hydroxylation is 1. The van der Waals surface area contributed by atoms with Crippen LogP contribution in [0.5, 0.6) is 11.5 Å². The number of hydrogen-bond donors (Lipinski definition) is 0. The summed E-state index contributed by atoms with van der Waals surface area (Å²) >= 11 is 0. The summed E-state index contributed by atoms with van der Waals surface area (Å²) in [4.78, 5) is 31.5. The maximum Gasteiger partial charge on any atom is 0.250 e. The Bertz CT molecular complexity index is 1230. The number of likely N-dealkylation sites (tertiary alicyclic amines) is 1. The van der Waals surface area contributed by atoms with Crippen molar-refractivity contribution in [2.45, 2.75) is 31.7 Å². The predicted molar refractivity (Wildman–Crippen MR) is 119 cm³/mol. The Kier molecular flexibility index (Phi) is 5.62. The number of carbonyl (C=O) groups is 1. The molecule has 0 saturated carbocycles. The van der Waals surface area contributed by atoms with Crippen LogP contribution in [0, 0.1) is 5.92 Å². The van der Waals surface area contributed by atoms with E-state index in [9.17, 15) is 9.59 Å². The van der Waals surface area contributed by atoms with Crippen LogP contribution in [0.4, 0.5) is 0 Å². The number of aromatic nitrogens is 3. The predicted octanol–water partition coefficient (Wildman–Crippen LogP) is 2.49. The first-order chi connectivity index (χ1) is 16.1. The quantitative estimate of drug-likeness (QED) is 0.569. The van der Waals surface area contributed by atoms with Gasteiger partial charge in [-0.2, -0.15) is 4.98 Å². The van der Waals surface area contributed by atoms with E-state index in [1.807, 2.05) is 21.6 Å². The normalized spacial score (nSPS) is 19.2.